The van der Waals surface area contributed by atoms with Gasteiger partial charge in [0.15, 0.2) is 11.2 Å². The third-order valence-corrected chi connectivity index (χ3v) is 19.9. The highest BCUT2D eigenvalue weighted by molar-refractivity contribution is 6.11. The molecule has 17 aromatic rings. The van der Waals surface area contributed by atoms with Crippen molar-refractivity contribution in [3.63, 3.8) is 0 Å². The van der Waals surface area contributed by atoms with Crippen molar-refractivity contribution >= 4 is 100 Å². The first kappa shape index (κ1) is 53.8. The van der Waals surface area contributed by atoms with Crippen LogP contribution in [0.2, 0.25) is 0 Å². The van der Waals surface area contributed by atoms with Gasteiger partial charge in [-0.25, -0.2) is 9.97 Å². The lowest BCUT2D eigenvalue weighted by Gasteiger charge is -2.27. The molecule has 0 N–H and O–H groups in total. The number of para-hydroxylation sites is 1. The summed E-state index contributed by atoms with van der Waals surface area (Å²) in [6.45, 7) is 9.33. The molecular formula is C86H58N4O4. The highest BCUT2D eigenvalue weighted by Gasteiger charge is 2.38. The van der Waals surface area contributed by atoms with Crippen LogP contribution < -0.4 is 9.80 Å². The summed E-state index contributed by atoms with van der Waals surface area (Å²) in [6, 6.07) is 99.2. The van der Waals surface area contributed by atoms with Gasteiger partial charge in [-0.05, 0) is 182 Å². The van der Waals surface area contributed by atoms with E-state index >= 15 is 0 Å². The lowest BCUT2D eigenvalue weighted by molar-refractivity contribution is 0.617. The maximum absolute atomic E-state index is 6.77. The third-order valence-electron chi connectivity index (χ3n) is 19.9. The van der Waals surface area contributed by atoms with Crippen molar-refractivity contribution in [2.24, 2.45) is 0 Å². The van der Waals surface area contributed by atoms with Crippen molar-refractivity contribution in [1.82, 2.24) is 9.97 Å². The molecule has 0 saturated heterocycles. The summed E-state index contributed by atoms with van der Waals surface area (Å²) < 4.78 is 26.2. The third kappa shape index (κ3) is 8.39. The number of rotatable bonds is 10. The highest BCUT2D eigenvalue weighted by Crippen LogP contribution is 2.54. The largest absolute Gasteiger partial charge is 0.456 e. The summed E-state index contributed by atoms with van der Waals surface area (Å²) in [5, 5.41) is 4.00. The smallest absolute Gasteiger partial charge is 0.227 e. The van der Waals surface area contributed by atoms with Crippen molar-refractivity contribution in [3.8, 4) is 67.4 Å². The van der Waals surface area contributed by atoms with E-state index in [2.05, 4.69) is 274 Å². The van der Waals surface area contributed by atoms with Gasteiger partial charge in [0.05, 0.1) is 0 Å². The van der Waals surface area contributed by atoms with Gasteiger partial charge in [0, 0.05) is 102 Å². The minimum atomic E-state index is -0.241. The van der Waals surface area contributed by atoms with E-state index in [9.17, 15) is 0 Å². The standard InChI is InChI=1S/C86H58N4O4/c1-85(2)71-23-15-14-22-63(71)67-43-60(35-40-72(67)85)90(58-31-28-52(29-32-58)51-16-8-5-9-17-51)62-34-39-66-70-48-81-76(49-79(70)91-78(66)46-62)88-84(93-81)55-26-24-53(25-27-55)56-30-37-64-68-44-59(36-41-73(68)86(3,4)74(64)42-56)89(57-20-12-7-13-21-57)61-33-38-65-69-47-75-82(50-80(69)92-77(65)45-61)94-83(87-75)54-18-10-6-11-19-54/h5-50H,1-4H3. The molecular weight excluding hydrogens is 1150 g/mol. The zero-order valence-corrected chi connectivity index (χ0v) is 52.0. The van der Waals surface area contributed by atoms with Gasteiger partial charge in [-0.3, -0.25) is 0 Å². The summed E-state index contributed by atoms with van der Waals surface area (Å²) in [7, 11) is 0. The Balaban J connectivity index is 0.610. The lowest BCUT2D eigenvalue weighted by Crippen LogP contribution is -2.15. The molecule has 0 aliphatic heterocycles. The maximum Gasteiger partial charge on any atom is 0.227 e. The van der Waals surface area contributed by atoms with Crippen molar-refractivity contribution < 1.29 is 17.7 Å². The summed E-state index contributed by atoms with van der Waals surface area (Å²) in [5.74, 6) is 1.15. The van der Waals surface area contributed by atoms with Crippen LogP contribution in [0.5, 0.6) is 0 Å². The number of benzene rings is 13. The van der Waals surface area contributed by atoms with Crippen LogP contribution >= 0.6 is 0 Å². The number of furan rings is 2. The van der Waals surface area contributed by atoms with Crippen LogP contribution in [-0.4, -0.2) is 9.97 Å². The first-order valence-electron chi connectivity index (χ1n) is 32.1. The quantitative estimate of drug-likeness (QED) is 0.134. The number of nitrogens with zero attached hydrogens (tertiary/aromatic N) is 4. The summed E-state index contributed by atoms with van der Waals surface area (Å²) in [4.78, 5) is 14.6. The molecule has 0 amide bonds. The fraction of sp³-hybridized carbons (Fsp3) is 0.0698. The van der Waals surface area contributed by atoms with Crippen LogP contribution in [0.4, 0.5) is 34.1 Å². The van der Waals surface area contributed by atoms with Gasteiger partial charge in [0.25, 0.3) is 0 Å². The molecule has 446 valence electrons. The van der Waals surface area contributed by atoms with Gasteiger partial charge in [0.2, 0.25) is 11.8 Å². The SMILES string of the molecule is CC1(C)c2ccccc2-c2cc(N(c3ccc(-c4ccccc4)cc3)c3ccc4c(c3)oc3cc5nc(-c6ccc(-c7ccc8c(c7)C(C)(C)c7ccc(N(c9ccccc9)c9ccc%10c(c9)oc9cc%11oc(-c%12ccccc%12)nc%11cc9%10)cc7-8)cc6)oc5cc34)ccc21. The Labute approximate surface area is 541 Å². The van der Waals surface area contributed by atoms with E-state index in [-0.39, 0.29) is 10.8 Å². The molecule has 0 radical (unpaired) electrons. The predicted octanol–water partition coefficient (Wildman–Crippen LogP) is 24.0. The molecule has 0 unspecified atom stereocenters. The van der Waals surface area contributed by atoms with Crippen molar-refractivity contribution in [1.29, 1.82) is 0 Å². The van der Waals surface area contributed by atoms with Crippen molar-refractivity contribution in [3.05, 3.63) is 301 Å². The maximum atomic E-state index is 6.77. The van der Waals surface area contributed by atoms with Gasteiger partial charge in [0.1, 0.15) is 33.4 Å². The normalized spacial score (nSPS) is 13.5. The minimum absolute atomic E-state index is 0.0962. The number of anilines is 6. The Morgan fingerprint density at radius 3 is 1.29 bits per heavy atom. The summed E-state index contributed by atoms with van der Waals surface area (Å²) in [5.41, 5.74) is 28.6. The molecule has 94 heavy (non-hydrogen) atoms. The molecule has 19 rings (SSSR count). The van der Waals surface area contributed by atoms with Gasteiger partial charge in [-0.1, -0.05) is 167 Å². The number of aromatic nitrogens is 2. The Morgan fingerprint density at radius 1 is 0.245 bits per heavy atom. The topological polar surface area (TPSA) is 84.8 Å². The van der Waals surface area contributed by atoms with Gasteiger partial charge >= 0.3 is 0 Å². The molecule has 13 aromatic carbocycles. The molecule has 0 spiro atoms. The Bertz CT molecular complexity index is 5920. The van der Waals surface area contributed by atoms with Gasteiger partial charge < -0.3 is 27.5 Å². The molecule has 4 aromatic heterocycles. The predicted molar refractivity (Wildman–Crippen MR) is 382 cm³/mol. The fourth-order valence-electron chi connectivity index (χ4n) is 15.1. The Kier molecular flexibility index (Phi) is 11.6. The minimum Gasteiger partial charge on any atom is -0.456 e. The molecule has 2 aliphatic rings. The van der Waals surface area contributed by atoms with E-state index in [0.717, 1.165) is 111 Å². The first-order valence-corrected chi connectivity index (χ1v) is 32.1. The molecule has 0 fully saturated rings. The molecule has 8 nitrogen and oxygen atoms in total. The molecule has 0 atom stereocenters. The Morgan fingerprint density at radius 2 is 0.649 bits per heavy atom. The summed E-state index contributed by atoms with van der Waals surface area (Å²) >= 11 is 0. The van der Waals surface area contributed by atoms with E-state index in [1.807, 2.05) is 42.5 Å². The van der Waals surface area contributed by atoms with E-state index in [0.29, 0.717) is 22.9 Å². The van der Waals surface area contributed by atoms with Crippen LogP contribution in [0.15, 0.2) is 297 Å². The van der Waals surface area contributed by atoms with E-state index < -0.39 is 0 Å². The van der Waals surface area contributed by atoms with Gasteiger partial charge in [-0.15, -0.1) is 0 Å². The van der Waals surface area contributed by atoms with Crippen LogP contribution in [-0.2, 0) is 10.8 Å². The zero-order valence-electron chi connectivity index (χ0n) is 52.0. The fourth-order valence-corrected chi connectivity index (χ4v) is 15.1. The zero-order chi connectivity index (χ0) is 62.6. The monoisotopic (exact) mass is 1210 g/mol. The average molecular weight is 1210 g/mol. The van der Waals surface area contributed by atoms with E-state index in [1.54, 1.807) is 0 Å². The molecule has 2 aliphatic carbocycles. The van der Waals surface area contributed by atoms with E-state index in [1.165, 1.54) is 55.6 Å². The number of fused-ring (bicyclic) bond motifs is 14. The van der Waals surface area contributed by atoms with E-state index in [4.69, 9.17) is 27.6 Å². The number of hydrogen-bond donors (Lipinski definition) is 0. The lowest BCUT2D eigenvalue weighted by atomic mass is 9.81. The summed E-state index contributed by atoms with van der Waals surface area (Å²) in [6.07, 6.45) is 0. The van der Waals surface area contributed by atoms with Crippen molar-refractivity contribution in [2.45, 2.75) is 38.5 Å². The second-order valence-electron chi connectivity index (χ2n) is 26.1. The van der Waals surface area contributed by atoms with Gasteiger partial charge in [-0.2, -0.15) is 0 Å². The van der Waals surface area contributed by atoms with Crippen LogP contribution in [0.3, 0.4) is 0 Å². The first-order chi connectivity index (χ1) is 46.0. The van der Waals surface area contributed by atoms with Crippen molar-refractivity contribution in [2.75, 3.05) is 9.80 Å². The molecule has 0 bridgehead atoms. The number of hydrogen-bond acceptors (Lipinski definition) is 8. The second kappa shape index (κ2) is 20.2. The second-order valence-corrected chi connectivity index (χ2v) is 26.1. The average Bonchev–Trinajstić information content (AvgIpc) is 1.61. The molecule has 0 saturated carbocycles. The highest BCUT2D eigenvalue weighted by atomic mass is 16.4. The van der Waals surface area contributed by atoms with Crippen LogP contribution in [0.1, 0.15) is 49.9 Å². The molecule has 4 heterocycles. The molecule has 8 heteroatoms. The Hall–Kier alpha value is -12.0. The number of oxazole rings is 2. The van der Waals surface area contributed by atoms with Crippen LogP contribution in [0, 0.1) is 0 Å². The van der Waals surface area contributed by atoms with Crippen LogP contribution in [0.25, 0.3) is 133 Å².